The first kappa shape index (κ1) is 22.7. The van der Waals surface area contributed by atoms with Crippen LogP contribution in [0, 0.1) is 0 Å². The molecule has 3 heterocycles. The number of piperidine rings is 1. The van der Waals surface area contributed by atoms with Crippen LogP contribution in [0.1, 0.15) is 52.3 Å². The van der Waals surface area contributed by atoms with Crippen LogP contribution in [0.2, 0.25) is 0 Å². The lowest BCUT2D eigenvalue weighted by atomic mass is 9.98. The summed E-state index contributed by atoms with van der Waals surface area (Å²) in [6.45, 7) is 6.29. The molecule has 2 saturated heterocycles. The van der Waals surface area contributed by atoms with Crippen LogP contribution in [0.15, 0.2) is 11.3 Å². The zero-order valence-corrected chi connectivity index (χ0v) is 19.6. The number of amides is 1. The van der Waals surface area contributed by atoms with E-state index in [1.54, 1.807) is 11.7 Å². The van der Waals surface area contributed by atoms with Gasteiger partial charge in [-0.25, -0.2) is 9.78 Å². The molecule has 3 rings (SSSR count). The summed E-state index contributed by atoms with van der Waals surface area (Å²) in [6.07, 6.45) is 5.23. The van der Waals surface area contributed by atoms with Crippen LogP contribution >= 0.6 is 24.0 Å². The van der Waals surface area contributed by atoms with E-state index in [9.17, 15) is 4.79 Å². The minimum Gasteiger partial charge on any atom is -0.444 e. The summed E-state index contributed by atoms with van der Waals surface area (Å²) in [4.78, 5) is 23.0. The van der Waals surface area contributed by atoms with Gasteiger partial charge in [0.05, 0.1) is 6.54 Å². The summed E-state index contributed by atoms with van der Waals surface area (Å²) in [5.41, 5.74) is -0.461. The van der Waals surface area contributed by atoms with Crippen LogP contribution in [-0.4, -0.2) is 62.5 Å². The van der Waals surface area contributed by atoms with Crippen molar-refractivity contribution >= 4 is 36.0 Å². The number of hydrogen-bond acceptors (Lipinski definition) is 5. The third kappa shape index (κ3) is 5.48. The molecule has 2 aliphatic heterocycles. The number of hydrogen-bond donors (Lipinski definition) is 2. The molecule has 2 bridgehead atoms. The van der Waals surface area contributed by atoms with E-state index >= 15 is 0 Å². The van der Waals surface area contributed by atoms with Gasteiger partial charge in [0, 0.05) is 32.2 Å². The second kappa shape index (κ2) is 9.27. The van der Waals surface area contributed by atoms with Gasteiger partial charge in [-0.05, 0) is 46.5 Å². The Hall–Kier alpha value is -1.59. The van der Waals surface area contributed by atoms with Gasteiger partial charge in [0.2, 0.25) is 0 Å². The van der Waals surface area contributed by atoms with Crippen LogP contribution in [0.4, 0.5) is 4.79 Å². The molecule has 28 heavy (non-hydrogen) atoms. The highest BCUT2D eigenvalue weighted by Gasteiger charge is 2.45. The maximum Gasteiger partial charge on any atom is 0.410 e. The molecule has 2 aliphatic rings. The van der Waals surface area contributed by atoms with Crippen molar-refractivity contribution in [2.24, 2.45) is 12.0 Å². The van der Waals surface area contributed by atoms with Gasteiger partial charge < -0.3 is 20.3 Å². The van der Waals surface area contributed by atoms with Crippen LogP contribution in [0.5, 0.6) is 0 Å². The summed E-state index contributed by atoms with van der Waals surface area (Å²) >= 11 is 0. The van der Waals surface area contributed by atoms with Crippen molar-refractivity contribution in [3.05, 3.63) is 12.2 Å². The smallest absolute Gasteiger partial charge is 0.410 e. The van der Waals surface area contributed by atoms with Crippen molar-refractivity contribution in [1.29, 1.82) is 0 Å². The van der Waals surface area contributed by atoms with Gasteiger partial charge in [-0.2, -0.15) is 5.10 Å². The molecule has 2 fully saturated rings. The summed E-state index contributed by atoms with van der Waals surface area (Å²) in [5, 5.41) is 10.9. The molecule has 1 aromatic heterocycles. The molecular weight excluding hydrogens is 473 g/mol. The number of nitrogens with one attached hydrogen (secondary N) is 2. The number of guanidine groups is 1. The Labute approximate surface area is 183 Å². The number of aryl methyl sites for hydroxylation is 1. The van der Waals surface area contributed by atoms with E-state index in [4.69, 9.17) is 4.74 Å². The van der Waals surface area contributed by atoms with Crippen LogP contribution in [0.25, 0.3) is 0 Å². The molecule has 9 nitrogen and oxygen atoms in total. The number of halogens is 1. The van der Waals surface area contributed by atoms with Crippen molar-refractivity contribution in [2.45, 2.75) is 76.7 Å². The lowest BCUT2D eigenvalue weighted by Crippen LogP contribution is -2.54. The standard InChI is InChI=1S/C18H31N7O2.HI/c1-18(2,3)27-17(26)25-13-6-7-14(25)9-12(8-13)23-16(19-4)20-10-15-21-11-22-24(15)5;/h11-14H,6-10H2,1-5H3,(H2,19,20,23);1H. The molecule has 0 aromatic carbocycles. The Bertz CT molecular complexity index is 686. The second-order valence-electron chi connectivity index (χ2n) is 8.31. The highest BCUT2D eigenvalue weighted by molar-refractivity contribution is 14.0. The maximum absolute atomic E-state index is 12.6. The number of aromatic nitrogens is 3. The van der Waals surface area contributed by atoms with Gasteiger partial charge in [-0.3, -0.25) is 9.67 Å². The molecule has 0 aliphatic carbocycles. The Morgan fingerprint density at radius 3 is 2.46 bits per heavy atom. The fraction of sp³-hybridized carbons (Fsp3) is 0.778. The lowest BCUT2D eigenvalue weighted by Gasteiger charge is -2.40. The Morgan fingerprint density at radius 2 is 1.96 bits per heavy atom. The number of carbonyl (C=O) groups is 1. The minimum absolute atomic E-state index is 0. The second-order valence-corrected chi connectivity index (χ2v) is 8.31. The molecular formula is C18H32IN7O2. The largest absolute Gasteiger partial charge is 0.444 e. The summed E-state index contributed by atoms with van der Waals surface area (Å²) in [6, 6.07) is 0.743. The first-order valence-corrected chi connectivity index (χ1v) is 9.58. The molecule has 158 valence electrons. The minimum atomic E-state index is -0.461. The Kier molecular flexibility index (Phi) is 7.52. The first-order chi connectivity index (χ1) is 12.8. The van der Waals surface area contributed by atoms with E-state index in [-0.39, 0.29) is 48.2 Å². The van der Waals surface area contributed by atoms with Gasteiger partial charge in [-0.1, -0.05) is 0 Å². The van der Waals surface area contributed by atoms with Crippen LogP contribution in [0.3, 0.4) is 0 Å². The third-order valence-corrected chi connectivity index (χ3v) is 5.12. The van der Waals surface area contributed by atoms with E-state index in [0.717, 1.165) is 37.5 Å². The topological polar surface area (TPSA) is 96.7 Å². The van der Waals surface area contributed by atoms with Gasteiger partial charge in [0.15, 0.2) is 5.96 Å². The zero-order valence-electron chi connectivity index (χ0n) is 17.3. The Balaban J connectivity index is 0.00000280. The van der Waals surface area contributed by atoms with Crippen molar-refractivity contribution in [3.8, 4) is 0 Å². The van der Waals surface area contributed by atoms with Gasteiger partial charge in [0.25, 0.3) is 0 Å². The van der Waals surface area contributed by atoms with Gasteiger partial charge in [-0.15, -0.1) is 24.0 Å². The van der Waals surface area contributed by atoms with E-state index in [1.807, 2.05) is 32.7 Å². The maximum atomic E-state index is 12.6. The number of fused-ring (bicyclic) bond motifs is 2. The van der Waals surface area contributed by atoms with Crippen molar-refractivity contribution < 1.29 is 9.53 Å². The monoisotopic (exact) mass is 505 g/mol. The quantitative estimate of drug-likeness (QED) is 0.371. The highest BCUT2D eigenvalue weighted by Crippen LogP contribution is 2.36. The fourth-order valence-corrected chi connectivity index (χ4v) is 3.94. The third-order valence-electron chi connectivity index (χ3n) is 5.12. The SMILES string of the molecule is CN=C(NCc1ncnn1C)NC1CC2CCC(C1)N2C(=O)OC(C)(C)C.I. The predicted octanol–water partition coefficient (Wildman–Crippen LogP) is 2.03. The zero-order chi connectivity index (χ0) is 19.6. The van der Waals surface area contributed by atoms with Crippen molar-refractivity contribution in [1.82, 2.24) is 30.3 Å². The fourth-order valence-electron chi connectivity index (χ4n) is 3.94. The predicted molar refractivity (Wildman–Crippen MR) is 118 cm³/mol. The normalized spacial score (nSPS) is 24.5. The number of aliphatic imine (C=N–C) groups is 1. The average Bonchev–Trinajstić information content (AvgIpc) is 3.11. The summed E-state index contributed by atoms with van der Waals surface area (Å²) in [7, 11) is 3.63. The number of carbonyl (C=O) groups excluding carboxylic acids is 1. The molecule has 2 N–H and O–H groups in total. The van der Waals surface area contributed by atoms with Gasteiger partial charge >= 0.3 is 6.09 Å². The van der Waals surface area contributed by atoms with E-state index in [1.165, 1.54) is 6.33 Å². The average molecular weight is 505 g/mol. The molecule has 0 saturated carbocycles. The molecule has 10 heteroatoms. The first-order valence-electron chi connectivity index (χ1n) is 9.58. The molecule has 0 radical (unpaired) electrons. The van der Waals surface area contributed by atoms with Crippen molar-refractivity contribution in [3.63, 3.8) is 0 Å². The lowest BCUT2D eigenvalue weighted by molar-refractivity contribution is 0.00545. The molecule has 1 aromatic rings. The van der Waals surface area contributed by atoms with E-state index in [2.05, 4.69) is 25.7 Å². The Morgan fingerprint density at radius 1 is 1.32 bits per heavy atom. The van der Waals surface area contributed by atoms with E-state index < -0.39 is 5.60 Å². The number of rotatable bonds is 3. The van der Waals surface area contributed by atoms with Crippen LogP contribution in [-0.2, 0) is 18.3 Å². The van der Waals surface area contributed by atoms with E-state index in [0.29, 0.717) is 6.54 Å². The summed E-state index contributed by atoms with van der Waals surface area (Å²) < 4.78 is 7.34. The molecule has 0 spiro atoms. The molecule has 2 unspecified atom stereocenters. The van der Waals surface area contributed by atoms with Crippen LogP contribution < -0.4 is 10.6 Å². The number of nitrogens with zero attached hydrogens (tertiary/aromatic N) is 5. The van der Waals surface area contributed by atoms with Gasteiger partial charge in [0.1, 0.15) is 17.8 Å². The number of ether oxygens (including phenoxy) is 1. The molecule has 1 amide bonds. The summed E-state index contributed by atoms with van der Waals surface area (Å²) in [5.74, 6) is 1.59. The highest BCUT2D eigenvalue weighted by atomic mass is 127. The van der Waals surface area contributed by atoms with Crippen molar-refractivity contribution in [2.75, 3.05) is 7.05 Å². The molecule has 2 atom stereocenters.